The molecule has 0 saturated carbocycles. The predicted octanol–water partition coefficient (Wildman–Crippen LogP) is 3.29. The van der Waals surface area contributed by atoms with Crippen molar-refractivity contribution in [2.75, 3.05) is 6.61 Å². The van der Waals surface area contributed by atoms with Gasteiger partial charge in [0.1, 0.15) is 0 Å². The van der Waals surface area contributed by atoms with E-state index in [0.717, 1.165) is 6.61 Å². The Morgan fingerprint density at radius 1 is 1.40 bits per heavy atom. The summed E-state index contributed by atoms with van der Waals surface area (Å²) in [4.78, 5) is 0. The van der Waals surface area contributed by atoms with Crippen molar-refractivity contribution >= 4 is 22.2 Å². The van der Waals surface area contributed by atoms with Gasteiger partial charge in [-0.1, -0.05) is 35.1 Å². The first kappa shape index (κ1) is 10.7. The number of hydrogen-bond donors (Lipinski definition) is 0. The van der Waals surface area contributed by atoms with Crippen LogP contribution in [0.1, 0.15) is 26.7 Å². The molecule has 0 aliphatic heterocycles. The number of halogens is 1. The van der Waals surface area contributed by atoms with E-state index in [9.17, 15) is 0 Å². The van der Waals surface area contributed by atoms with Gasteiger partial charge in [0.05, 0.1) is 0 Å². The Morgan fingerprint density at radius 2 is 2.00 bits per heavy atom. The molecule has 0 bridgehead atoms. The Labute approximate surface area is 72.9 Å². The lowest BCUT2D eigenvalue weighted by Gasteiger charge is -2.18. The Morgan fingerprint density at radius 3 is 2.40 bits per heavy atom. The van der Waals surface area contributed by atoms with E-state index in [1.807, 2.05) is 0 Å². The van der Waals surface area contributed by atoms with E-state index in [-0.39, 0.29) is 0 Å². The fourth-order valence-electron chi connectivity index (χ4n) is 0.866. The van der Waals surface area contributed by atoms with Crippen molar-refractivity contribution < 1.29 is 4.43 Å². The van der Waals surface area contributed by atoms with E-state index in [1.165, 1.54) is 18.9 Å². The number of rotatable bonds is 5. The summed E-state index contributed by atoms with van der Waals surface area (Å²) in [5.41, 5.74) is 0. The normalized spacial score (nSPS) is 16.8. The molecule has 0 aliphatic rings. The molecule has 0 aromatic rings. The van der Waals surface area contributed by atoms with Gasteiger partial charge >= 0.3 is 0 Å². The van der Waals surface area contributed by atoms with Gasteiger partial charge in [-0.05, 0) is 19.5 Å². The molecule has 0 N–H and O–H groups in total. The van der Waals surface area contributed by atoms with E-state index >= 15 is 0 Å². The highest BCUT2D eigenvalue weighted by molar-refractivity contribution is 9.25. The molecule has 0 rings (SSSR count). The maximum atomic E-state index is 5.59. The SMILES string of the molecule is CCCC[Si](C)(Br)OCC. The van der Waals surface area contributed by atoms with Gasteiger partial charge in [-0.3, -0.25) is 0 Å². The summed E-state index contributed by atoms with van der Waals surface area (Å²) in [6.45, 7) is 5.91. The van der Waals surface area contributed by atoms with E-state index in [0.29, 0.717) is 0 Å². The monoisotopic (exact) mass is 224 g/mol. The van der Waals surface area contributed by atoms with Crippen LogP contribution in [0, 0.1) is 0 Å². The molecule has 0 aromatic carbocycles. The van der Waals surface area contributed by atoms with Crippen LogP contribution in [0.2, 0.25) is 12.6 Å². The predicted molar refractivity (Wildman–Crippen MR) is 51.9 cm³/mol. The second kappa shape index (κ2) is 5.33. The molecule has 1 nitrogen and oxygen atoms in total. The molecule has 3 heteroatoms. The van der Waals surface area contributed by atoms with Crippen molar-refractivity contribution in [2.24, 2.45) is 0 Å². The van der Waals surface area contributed by atoms with E-state index < -0.39 is 6.94 Å². The largest absolute Gasteiger partial charge is 0.407 e. The van der Waals surface area contributed by atoms with Crippen LogP contribution in [0.15, 0.2) is 0 Å². The van der Waals surface area contributed by atoms with Gasteiger partial charge in [0.15, 0.2) is 0 Å². The second-order valence-electron chi connectivity index (χ2n) is 2.64. The molecular weight excluding hydrogens is 208 g/mol. The number of hydrogen-bond acceptors (Lipinski definition) is 1. The molecule has 0 heterocycles. The third-order valence-corrected chi connectivity index (χ3v) is 5.44. The van der Waals surface area contributed by atoms with Crippen molar-refractivity contribution in [1.29, 1.82) is 0 Å². The van der Waals surface area contributed by atoms with Gasteiger partial charge in [0, 0.05) is 6.61 Å². The first-order valence-corrected chi connectivity index (χ1v) is 8.82. The molecule has 0 aliphatic carbocycles. The van der Waals surface area contributed by atoms with Crippen LogP contribution in [0.25, 0.3) is 0 Å². The lowest BCUT2D eigenvalue weighted by Crippen LogP contribution is -2.26. The highest BCUT2D eigenvalue weighted by atomic mass is 79.9. The van der Waals surface area contributed by atoms with Crippen LogP contribution < -0.4 is 0 Å². The standard InChI is InChI=1S/C7H17BrOSi/c1-4-6-7-10(3,8)9-5-2/h4-7H2,1-3H3. The van der Waals surface area contributed by atoms with Crippen LogP contribution >= 0.6 is 15.3 Å². The van der Waals surface area contributed by atoms with E-state index in [2.05, 4.69) is 35.7 Å². The lowest BCUT2D eigenvalue weighted by atomic mass is 10.4. The minimum absolute atomic E-state index is 0.845. The fourth-order valence-corrected chi connectivity index (χ4v) is 4.12. The van der Waals surface area contributed by atoms with Crippen molar-refractivity contribution in [3.8, 4) is 0 Å². The lowest BCUT2D eigenvalue weighted by molar-refractivity contribution is 0.340. The smallest absolute Gasteiger partial charge is 0.260 e. The van der Waals surface area contributed by atoms with Gasteiger partial charge in [0.25, 0.3) is 6.94 Å². The summed E-state index contributed by atoms with van der Waals surface area (Å²) in [7, 11) is 0. The van der Waals surface area contributed by atoms with Crippen molar-refractivity contribution in [2.45, 2.75) is 39.3 Å². The van der Waals surface area contributed by atoms with Gasteiger partial charge in [-0.25, -0.2) is 0 Å². The van der Waals surface area contributed by atoms with Gasteiger partial charge in [-0.15, -0.1) is 0 Å². The molecule has 10 heavy (non-hydrogen) atoms. The molecule has 1 atom stereocenters. The zero-order valence-electron chi connectivity index (χ0n) is 7.11. The van der Waals surface area contributed by atoms with Gasteiger partial charge in [0.2, 0.25) is 0 Å². The average Bonchev–Trinajstić information content (AvgIpc) is 1.84. The third-order valence-electron chi connectivity index (χ3n) is 1.42. The van der Waals surface area contributed by atoms with Crippen molar-refractivity contribution in [1.82, 2.24) is 0 Å². The zero-order chi connectivity index (χ0) is 8.04. The summed E-state index contributed by atoms with van der Waals surface area (Å²) >= 11 is 3.66. The van der Waals surface area contributed by atoms with Crippen LogP contribution in [0.3, 0.4) is 0 Å². The summed E-state index contributed by atoms with van der Waals surface area (Å²) in [5.74, 6) is 0. The van der Waals surface area contributed by atoms with Crippen molar-refractivity contribution in [3.63, 3.8) is 0 Å². The van der Waals surface area contributed by atoms with Crippen LogP contribution in [-0.2, 0) is 4.43 Å². The highest BCUT2D eigenvalue weighted by Crippen LogP contribution is 2.21. The fraction of sp³-hybridized carbons (Fsp3) is 1.00. The summed E-state index contributed by atoms with van der Waals surface area (Å²) in [6.07, 6.45) is 2.55. The zero-order valence-corrected chi connectivity index (χ0v) is 9.70. The van der Waals surface area contributed by atoms with Crippen LogP contribution in [0.5, 0.6) is 0 Å². The Balaban J connectivity index is 3.42. The summed E-state index contributed by atoms with van der Waals surface area (Å²) < 4.78 is 5.59. The maximum Gasteiger partial charge on any atom is 0.260 e. The molecule has 0 spiro atoms. The number of unbranched alkanes of at least 4 members (excludes halogenated alkanes) is 1. The van der Waals surface area contributed by atoms with Gasteiger partial charge in [-0.2, -0.15) is 0 Å². The average molecular weight is 225 g/mol. The summed E-state index contributed by atoms with van der Waals surface area (Å²) in [6, 6.07) is 1.23. The first-order chi connectivity index (χ1) is 4.62. The maximum absolute atomic E-state index is 5.59. The van der Waals surface area contributed by atoms with E-state index in [4.69, 9.17) is 4.43 Å². The molecular formula is C7H17BrOSi. The Hall–Kier alpha value is 0.657. The molecule has 0 amide bonds. The Kier molecular flexibility index (Phi) is 5.68. The molecule has 0 radical (unpaired) electrons. The molecule has 0 saturated heterocycles. The molecule has 62 valence electrons. The first-order valence-electron chi connectivity index (χ1n) is 3.95. The highest BCUT2D eigenvalue weighted by Gasteiger charge is 2.23. The topological polar surface area (TPSA) is 9.23 Å². The summed E-state index contributed by atoms with van der Waals surface area (Å²) in [5, 5.41) is 0. The van der Waals surface area contributed by atoms with Crippen LogP contribution in [0.4, 0.5) is 0 Å². The minimum atomic E-state index is -1.41. The van der Waals surface area contributed by atoms with E-state index in [1.54, 1.807) is 0 Å². The van der Waals surface area contributed by atoms with Gasteiger partial charge < -0.3 is 4.43 Å². The molecule has 1 unspecified atom stereocenters. The quantitative estimate of drug-likeness (QED) is 0.515. The minimum Gasteiger partial charge on any atom is -0.407 e. The van der Waals surface area contributed by atoms with Crippen LogP contribution in [-0.4, -0.2) is 13.5 Å². The Bertz CT molecular complexity index is 85.7. The third kappa shape index (κ3) is 5.44. The van der Waals surface area contributed by atoms with Crippen molar-refractivity contribution in [3.05, 3.63) is 0 Å². The molecule has 0 fully saturated rings. The second-order valence-corrected chi connectivity index (χ2v) is 10.7. The molecule has 0 aromatic heterocycles.